The highest BCUT2D eigenvalue weighted by molar-refractivity contribution is 7.99. The highest BCUT2D eigenvalue weighted by Crippen LogP contribution is 2.28. The molecule has 3 nitrogen and oxygen atoms in total. The molecule has 2 rings (SSSR count). The van der Waals surface area contributed by atoms with Crippen LogP contribution in [-0.4, -0.2) is 21.8 Å². The zero-order chi connectivity index (χ0) is 11.4. The lowest BCUT2D eigenvalue weighted by Crippen LogP contribution is -2.24. The second kappa shape index (κ2) is 5.64. The molecule has 2 unspecified atom stereocenters. The zero-order valence-corrected chi connectivity index (χ0v) is 10.5. The minimum atomic E-state index is 0.430. The molecule has 1 aliphatic rings. The summed E-state index contributed by atoms with van der Waals surface area (Å²) in [6, 6.07) is 2.36. The lowest BCUT2D eigenvalue weighted by Gasteiger charge is -2.13. The molecule has 2 N–H and O–H groups in total. The molecule has 0 radical (unpaired) electrons. The van der Waals surface area contributed by atoms with E-state index in [9.17, 15) is 0 Å². The molecular formula is C12H19N3S. The molecule has 2 atom stereocenters. The Bertz CT molecular complexity index is 343. The van der Waals surface area contributed by atoms with Gasteiger partial charge in [0.15, 0.2) is 5.16 Å². The van der Waals surface area contributed by atoms with Gasteiger partial charge < -0.3 is 5.73 Å². The first-order valence-corrected chi connectivity index (χ1v) is 6.92. The molecule has 0 aliphatic heterocycles. The van der Waals surface area contributed by atoms with E-state index < -0.39 is 0 Å². The van der Waals surface area contributed by atoms with Gasteiger partial charge in [0.25, 0.3) is 0 Å². The van der Waals surface area contributed by atoms with Crippen molar-refractivity contribution in [3.8, 4) is 0 Å². The fourth-order valence-corrected chi connectivity index (χ4v) is 3.17. The minimum absolute atomic E-state index is 0.430. The topological polar surface area (TPSA) is 51.8 Å². The summed E-state index contributed by atoms with van der Waals surface area (Å²) in [4.78, 5) is 8.62. The smallest absolute Gasteiger partial charge is 0.187 e. The van der Waals surface area contributed by atoms with Gasteiger partial charge in [-0.25, -0.2) is 9.97 Å². The van der Waals surface area contributed by atoms with Crippen molar-refractivity contribution in [2.45, 2.75) is 43.8 Å². The summed E-state index contributed by atoms with van der Waals surface area (Å²) in [5.74, 6) is 1.80. The van der Waals surface area contributed by atoms with Crippen LogP contribution >= 0.6 is 11.8 Å². The number of hydrogen-bond acceptors (Lipinski definition) is 4. The molecule has 1 aliphatic carbocycles. The Morgan fingerprint density at radius 1 is 1.50 bits per heavy atom. The number of rotatable bonds is 4. The van der Waals surface area contributed by atoms with Crippen LogP contribution in [0, 0.1) is 12.8 Å². The molecule has 0 spiro atoms. The van der Waals surface area contributed by atoms with Crippen molar-refractivity contribution in [1.82, 2.24) is 9.97 Å². The van der Waals surface area contributed by atoms with Gasteiger partial charge >= 0.3 is 0 Å². The highest BCUT2D eigenvalue weighted by Gasteiger charge is 2.23. The van der Waals surface area contributed by atoms with Crippen LogP contribution in [0.15, 0.2) is 17.4 Å². The Kier molecular flexibility index (Phi) is 4.18. The maximum Gasteiger partial charge on any atom is 0.187 e. The molecule has 0 bridgehead atoms. The molecule has 16 heavy (non-hydrogen) atoms. The van der Waals surface area contributed by atoms with Gasteiger partial charge in [0.1, 0.15) is 0 Å². The average molecular weight is 237 g/mol. The summed E-state index contributed by atoms with van der Waals surface area (Å²) in [6.07, 6.45) is 6.83. The van der Waals surface area contributed by atoms with Gasteiger partial charge in [-0.3, -0.25) is 0 Å². The van der Waals surface area contributed by atoms with Crippen LogP contribution < -0.4 is 5.73 Å². The normalized spacial score (nSPS) is 24.9. The maximum absolute atomic E-state index is 6.04. The van der Waals surface area contributed by atoms with Crippen molar-refractivity contribution in [3.63, 3.8) is 0 Å². The number of aromatic nitrogens is 2. The summed E-state index contributed by atoms with van der Waals surface area (Å²) in [5.41, 5.74) is 7.08. The molecule has 1 saturated carbocycles. The van der Waals surface area contributed by atoms with Crippen molar-refractivity contribution in [1.29, 1.82) is 0 Å². The average Bonchev–Trinajstić information content (AvgIpc) is 2.65. The molecule has 0 saturated heterocycles. The molecule has 1 aromatic heterocycles. The third kappa shape index (κ3) is 3.19. The Hall–Kier alpha value is -0.610. The fourth-order valence-electron chi connectivity index (χ4n) is 2.22. The first-order chi connectivity index (χ1) is 7.75. The second-order valence-corrected chi connectivity index (χ2v) is 5.53. The standard InChI is InChI=1S/C12H19N3S/c1-9-5-7-14-12(15-9)16-8-6-10-3-2-4-11(10)13/h5,7,10-11H,2-4,6,8,13H2,1H3. The first kappa shape index (κ1) is 11.9. The largest absolute Gasteiger partial charge is 0.327 e. The Balaban J connectivity index is 1.75. The van der Waals surface area contributed by atoms with Crippen LogP contribution in [0.1, 0.15) is 31.4 Å². The predicted molar refractivity (Wildman–Crippen MR) is 67.4 cm³/mol. The quantitative estimate of drug-likeness (QED) is 0.645. The number of nitrogens with two attached hydrogens (primary N) is 1. The van der Waals surface area contributed by atoms with Gasteiger partial charge in [0.05, 0.1) is 0 Å². The van der Waals surface area contributed by atoms with Gasteiger partial charge in [0, 0.05) is 23.7 Å². The SMILES string of the molecule is Cc1ccnc(SCCC2CCCC2N)n1. The van der Waals surface area contributed by atoms with Gasteiger partial charge in [-0.05, 0) is 38.2 Å². The Labute approximate surface area is 101 Å². The van der Waals surface area contributed by atoms with Crippen molar-refractivity contribution >= 4 is 11.8 Å². The summed E-state index contributed by atoms with van der Waals surface area (Å²) in [6.45, 7) is 2.00. The molecule has 0 aromatic carbocycles. The summed E-state index contributed by atoms with van der Waals surface area (Å²) in [7, 11) is 0. The van der Waals surface area contributed by atoms with E-state index in [1.54, 1.807) is 11.8 Å². The van der Waals surface area contributed by atoms with Crippen molar-refractivity contribution in [2.75, 3.05) is 5.75 Å². The van der Waals surface area contributed by atoms with Crippen LogP contribution in [0.5, 0.6) is 0 Å². The van der Waals surface area contributed by atoms with Crippen LogP contribution in [0.2, 0.25) is 0 Å². The fraction of sp³-hybridized carbons (Fsp3) is 0.667. The van der Waals surface area contributed by atoms with Gasteiger partial charge in [-0.1, -0.05) is 18.2 Å². The first-order valence-electron chi connectivity index (χ1n) is 5.94. The van der Waals surface area contributed by atoms with Crippen molar-refractivity contribution < 1.29 is 0 Å². The van der Waals surface area contributed by atoms with E-state index in [4.69, 9.17) is 5.73 Å². The van der Waals surface area contributed by atoms with Crippen molar-refractivity contribution in [3.05, 3.63) is 18.0 Å². The monoisotopic (exact) mass is 237 g/mol. The molecule has 88 valence electrons. The summed E-state index contributed by atoms with van der Waals surface area (Å²) < 4.78 is 0. The van der Waals surface area contributed by atoms with Crippen LogP contribution in [-0.2, 0) is 0 Å². The lowest BCUT2D eigenvalue weighted by molar-refractivity contribution is 0.470. The van der Waals surface area contributed by atoms with E-state index in [2.05, 4.69) is 9.97 Å². The Morgan fingerprint density at radius 3 is 3.06 bits per heavy atom. The second-order valence-electron chi connectivity index (χ2n) is 4.47. The molecule has 0 amide bonds. The third-order valence-corrected chi connectivity index (χ3v) is 4.11. The van der Waals surface area contributed by atoms with Crippen LogP contribution in [0.4, 0.5) is 0 Å². The number of hydrogen-bond donors (Lipinski definition) is 1. The van der Waals surface area contributed by atoms with Crippen LogP contribution in [0.25, 0.3) is 0 Å². The van der Waals surface area contributed by atoms with E-state index in [0.29, 0.717) is 6.04 Å². The van der Waals surface area contributed by atoms with E-state index in [-0.39, 0.29) is 0 Å². The molecular weight excluding hydrogens is 218 g/mol. The van der Waals surface area contributed by atoms with E-state index in [1.807, 2.05) is 19.2 Å². The van der Waals surface area contributed by atoms with E-state index >= 15 is 0 Å². The van der Waals surface area contributed by atoms with Gasteiger partial charge in [0.2, 0.25) is 0 Å². The molecule has 1 fully saturated rings. The minimum Gasteiger partial charge on any atom is -0.327 e. The van der Waals surface area contributed by atoms with E-state index in [1.165, 1.54) is 25.7 Å². The predicted octanol–water partition coefficient (Wildman–Crippen LogP) is 2.39. The molecule has 1 aromatic rings. The lowest BCUT2D eigenvalue weighted by atomic mass is 10.0. The Morgan fingerprint density at radius 2 is 2.38 bits per heavy atom. The van der Waals surface area contributed by atoms with E-state index in [0.717, 1.165) is 22.5 Å². The van der Waals surface area contributed by atoms with Gasteiger partial charge in [-0.15, -0.1) is 0 Å². The molecule has 1 heterocycles. The zero-order valence-electron chi connectivity index (χ0n) is 9.72. The molecule has 4 heteroatoms. The highest BCUT2D eigenvalue weighted by atomic mass is 32.2. The van der Waals surface area contributed by atoms with Gasteiger partial charge in [-0.2, -0.15) is 0 Å². The number of aryl methyl sites for hydroxylation is 1. The number of thioether (sulfide) groups is 1. The van der Waals surface area contributed by atoms with Crippen molar-refractivity contribution in [2.24, 2.45) is 11.7 Å². The van der Waals surface area contributed by atoms with Crippen LogP contribution in [0.3, 0.4) is 0 Å². The summed E-state index contributed by atoms with van der Waals surface area (Å²) in [5, 5.41) is 0.895. The third-order valence-electron chi connectivity index (χ3n) is 3.21. The maximum atomic E-state index is 6.04. The summed E-state index contributed by atoms with van der Waals surface area (Å²) >= 11 is 1.75. The number of nitrogens with zero attached hydrogens (tertiary/aromatic N) is 2.